The average Bonchev–Trinajstić information content (AvgIpc) is 2.77. The largest absolute Gasteiger partial charge is 0.497 e. The van der Waals surface area contributed by atoms with Crippen molar-refractivity contribution < 1.29 is 23.8 Å². The number of amides is 2. The SMILES string of the molecule is CNC(=O)C(Cc1ccc(OC)cc1)NC(=O)C(CC(C)C)CP(=O)(O)Cc1cccc(N)c1. The van der Waals surface area contributed by atoms with Gasteiger partial charge in [0.05, 0.1) is 7.11 Å². The number of hydrogen-bond acceptors (Lipinski definition) is 5. The van der Waals surface area contributed by atoms with Crippen LogP contribution in [0.4, 0.5) is 5.69 Å². The fourth-order valence-corrected chi connectivity index (χ4v) is 5.79. The molecule has 0 fully saturated rings. The van der Waals surface area contributed by atoms with E-state index in [1.165, 1.54) is 7.05 Å². The van der Waals surface area contributed by atoms with E-state index < -0.39 is 25.2 Å². The number of hydrogen-bond donors (Lipinski definition) is 4. The maximum Gasteiger partial charge on any atom is 0.242 e. The highest BCUT2D eigenvalue weighted by Crippen LogP contribution is 2.47. The van der Waals surface area contributed by atoms with Gasteiger partial charge in [-0.25, -0.2) is 0 Å². The van der Waals surface area contributed by atoms with Gasteiger partial charge in [0, 0.05) is 37.4 Å². The molecule has 8 nitrogen and oxygen atoms in total. The van der Waals surface area contributed by atoms with Gasteiger partial charge in [0.25, 0.3) is 0 Å². The monoisotopic (exact) mass is 489 g/mol. The first kappa shape index (κ1) is 27.4. The van der Waals surface area contributed by atoms with Crippen molar-refractivity contribution in [1.82, 2.24) is 10.6 Å². The van der Waals surface area contributed by atoms with Gasteiger partial charge in [-0.3, -0.25) is 14.2 Å². The van der Waals surface area contributed by atoms with Crippen molar-refractivity contribution in [3.8, 4) is 5.75 Å². The zero-order valence-electron chi connectivity index (χ0n) is 20.3. The number of ether oxygens (including phenoxy) is 1. The number of carbonyl (C=O) groups is 2. The van der Waals surface area contributed by atoms with Gasteiger partial charge in [0.1, 0.15) is 11.8 Å². The van der Waals surface area contributed by atoms with E-state index in [0.717, 1.165) is 5.56 Å². The molecule has 0 radical (unpaired) electrons. The van der Waals surface area contributed by atoms with Crippen molar-refractivity contribution >= 4 is 24.9 Å². The number of nitrogen functional groups attached to an aromatic ring is 1. The number of nitrogens with two attached hydrogens (primary N) is 1. The Hall–Kier alpha value is -2.83. The fourth-order valence-electron chi connectivity index (χ4n) is 3.89. The molecular weight excluding hydrogens is 453 g/mol. The summed E-state index contributed by atoms with van der Waals surface area (Å²) in [4.78, 5) is 36.4. The summed E-state index contributed by atoms with van der Waals surface area (Å²) >= 11 is 0. The first-order valence-corrected chi connectivity index (χ1v) is 13.4. The van der Waals surface area contributed by atoms with Gasteiger partial charge >= 0.3 is 0 Å². The van der Waals surface area contributed by atoms with E-state index in [1.807, 2.05) is 26.0 Å². The topological polar surface area (TPSA) is 131 Å². The van der Waals surface area contributed by atoms with Crippen LogP contribution >= 0.6 is 7.37 Å². The highest BCUT2D eigenvalue weighted by Gasteiger charge is 2.32. The molecule has 2 amide bonds. The molecule has 9 heteroatoms. The Labute approximate surface area is 201 Å². The fraction of sp³-hybridized carbons (Fsp3) is 0.440. The zero-order valence-corrected chi connectivity index (χ0v) is 21.2. The van der Waals surface area contributed by atoms with Gasteiger partial charge in [-0.15, -0.1) is 0 Å². The molecule has 34 heavy (non-hydrogen) atoms. The van der Waals surface area contributed by atoms with Gasteiger partial charge in [0.15, 0.2) is 0 Å². The van der Waals surface area contributed by atoms with Crippen molar-refractivity contribution in [1.29, 1.82) is 0 Å². The lowest BCUT2D eigenvalue weighted by molar-refractivity contribution is -0.130. The van der Waals surface area contributed by atoms with E-state index in [2.05, 4.69) is 10.6 Å². The van der Waals surface area contributed by atoms with E-state index in [9.17, 15) is 19.0 Å². The minimum Gasteiger partial charge on any atom is -0.497 e. The summed E-state index contributed by atoms with van der Waals surface area (Å²) in [6, 6.07) is 13.3. The highest BCUT2D eigenvalue weighted by molar-refractivity contribution is 7.57. The van der Waals surface area contributed by atoms with Crippen LogP contribution in [0.1, 0.15) is 31.4 Å². The summed E-state index contributed by atoms with van der Waals surface area (Å²) in [6.45, 7) is 3.90. The van der Waals surface area contributed by atoms with Crippen LogP contribution in [0.3, 0.4) is 0 Å². The Morgan fingerprint density at radius 2 is 1.76 bits per heavy atom. The van der Waals surface area contributed by atoms with Gasteiger partial charge in [-0.2, -0.15) is 0 Å². The molecule has 0 saturated heterocycles. The minimum atomic E-state index is -3.68. The lowest BCUT2D eigenvalue weighted by Crippen LogP contribution is -2.49. The second kappa shape index (κ2) is 12.6. The van der Waals surface area contributed by atoms with Gasteiger partial charge in [0.2, 0.25) is 19.2 Å². The molecule has 5 N–H and O–H groups in total. The van der Waals surface area contributed by atoms with Crippen molar-refractivity contribution in [2.45, 2.75) is 38.9 Å². The quantitative estimate of drug-likeness (QED) is 0.268. The zero-order chi connectivity index (χ0) is 25.3. The van der Waals surface area contributed by atoms with Crippen LogP contribution in [-0.2, 0) is 26.7 Å². The number of likely N-dealkylation sites (N-methyl/N-ethyl adjacent to an activating group) is 1. The van der Waals surface area contributed by atoms with E-state index in [4.69, 9.17) is 10.5 Å². The predicted molar refractivity (Wildman–Crippen MR) is 135 cm³/mol. The Balaban J connectivity index is 2.16. The summed E-state index contributed by atoms with van der Waals surface area (Å²) in [5, 5.41) is 5.40. The average molecular weight is 490 g/mol. The van der Waals surface area contributed by atoms with Gasteiger partial charge < -0.3 is 26.0 Å². The van der Waals surface area contributed by atoms with E-state index in [-0.39, 0.29) is 30.6 Å². The van der Waals surface area contributed by atoms with Crippen LogP contribution in [0.25, 0.3) is 0 Å². The summed E-state index contributed by atoms with van der Waals surface area (Å²) in [7, 11) is -0.599. The third-order valence-electron chi connectivity index (χ3n) is 5.49. The predicted octanol–water partition coefficient (Wildman–Crippen LogP) is 3.18. The molecule has 3 unspecified atom stereocenters. The molecule has 186 valence electrons. The van der Waals surface area contributed by atoms with Crippen LogP contribution in [0.2, 0.25) is 0 Å². The lowest BCUT2D eigenvalue weighted by atomic mass is 9.97. The number of rotatable bonds is 12. The van der Waals surface area contributed by atoms with E-state index in [1.54, 1.807) is 43.5 Å². The molecule has 0 heterocycles. The second-order valence-corrected chi connectivity index (χ2v) is 11.4. The molecule has 0 aliphatic carbocycles. The number of nitrogens with one attached hydrogen (secondary N) is 2. The summed E-state index contributed by atoms with van der Waals surface area (Å²) < 4.78 is 18.2. The van der Waals surface area contributed by atoms with Gasteiger partial charge in [-0.05, 0) is 47.7 Å². The number of methoxy groups -OCH3 is 1. The molecule has 2 aromatic carbocycles. The summed E-state index contributed by atoms with van der Waals surface area (Å²) in [5.74, 6) is -0.625. The van der Waals surface area contributed by atoms with Crippen molar-refractivity contribution in [2.75, 3.05) is 26.1 Å². The first-order chi connectivity index (χ1) is 16.0. The Morgan fingerprint density at radius 3 is 2.32 bits per heavy atom. The molecule has 0 saturated carbocycles. The van der Waals surface area contributed by atoms with E-state index in [0.29, 0.717) is 23.4 Å². The Morgan fingerprint density at radius 1 is 1.09 bits per heavy atom. The van der Waals surface area contributed by atoms with Crippen LogP contribution in [0, 0.1) is 11.8 Å². The first-order valence-electron chi connectivity index (χ1n) is 11.3. The van der Waals surface area contributed by atoms with Crippen LogP contribution < -0.4 is 21.1 Å². The third-order valence-corrected chi connectivity index (χ3v) is 7.36. The third kappa shape index (κ3) is 8.84. The lowest BCUT2D eigenvalue weighted by Gasteiger charge is -2.25. The van der Waals surface area contributed by atoms with Crippen molar-refractivity contribution in [3.05, 3.63) is 59.7 Å². The van der Waals surface area contributed by atoms with Crippen LogP contribution in [-0.4, -0.2) is 43.1 Å². The number of benzene rings is 2. The number of anilines is 1. The molecule has 3 atom stereocenters. The molecule has 0 aliphatic heterocycles. The molecule has 0 aliphatic rings. The minimum absolute atomic E-state index is 0.0648. The van der Waals surface area contributed by atoms with Crippen molar-refractivity contribution in [2.24, 2.45) is 11.8 Å². The molecule has 0 aromatic heterocycles. The molecule has 0 bridgehead atoms. The molecular formula is C25H36N3O5P. The van der Waals surface area contributed by atoms with Crippen LogP contribution in [0.5, 0.6) is 5.75 Å². The molecule has 0 spiro atoms. The normalized spacial score (nSPS) is 14.6. The molecule has 2 rings (SSSR count). The second-order valence-electron chi connectivity index (χ2n) is 8.99. The standard InChI is InChI=1S/C25H36N3O5P/c1-17(2)12-20(16-34(31,32)15-19-6-5-7-21(26)13-19)24(29)28-23(25(30)27-3)14-18-8-10-22(33-4)11-9-18/h5-11,13,17,20,23H,12,14-16,26H2,1-4H3,(H,27,30)(H,28,29)(H,31,32). The van der Waals surface area contributed by atoms with Crippen LogP contribution in [0.15, 0.2) is 48.5 Å². The maximum atomic E-state index is 13.2. The van der Waals surface area contributed by atoms with E-state index >= 15 is 0 Å². The summed E-state index contributed by atoms with van der Waals surface area (Å²) in [5.41, 5.74) is 7.80. The molecule has 2 aromatic rings. The van der Waals surface area contributed by atoms with Gasteiger partial charge in [-0.1, -0.05) is 38.1 Å². The van der Waals surface area contributed by atoms with Crippen molar-refractivity contribution in [3.63, 3.8) is 0 Å². The Bertz CT molecular complexity index is 1010. The Kier molecular flexibility index (Phi) is 10.1. The smallest absolute Gasteiger partial charge is 0.242 e. The highest BCUT2D eigenvalue weighted by atomic mass is 31.2. The maximum absolute atomic E-state index is 13.2. The number of carbonyl (C=O) groups excluding carboxylic acids is 2. The summed E-state index contributed by atoms with van der Waals surface area (Å²) in [6.07, 6.45) is 0.472.